The molecule has 1 aromatic carbocycles. The highest BCUT2D eigenvalue weighted by Crippen LogP contribution is 2.29. The fraction of sp³-hybridized carbons (Fsp3) is 0.625. The minimum atomic E-state index is -0.292. The Bertz CT molecular complexity index is 462. The van der Waals surface area contributed by atoms with Gasteiger partial charge < -0.3 is 5.32 Å². The van der Waals surface area contributed by atoms with E-state index in [1.165, 1.54) is 19.3 Å². The predicted molar refractivity (Wildman–Crippen MR) is 80.8 cm³/mol. The molecule has 1 aromatic rings. The van der Waals surface area contributed by atoms with Crippen LogP contribution in [0.3, 0.4) is 0 Å². The SMILES string of the molecule is CC1CCC(NCCc2ccccc2[N+](=O)[O-])CC1C. The lowest BCUT2D eigenvalue weighted by Gasteiger charge is -2.32. The van der Waals surface area contributed by atoms with Crippen molar-refractivity contribution < 1.29 is 4.92 Å². The van der Waals surface area contributed by atoms with Crippen molar-refractivity contribution in [3.63, 3.8) is 0 Å². The van der Waals surface area contributed by atoms with E-state index in [4.69, 9.17) is 0 Å². The van der Waals surface area contributed by atoms with Crippen LogP contribution in [0.15, 0.2) is 24.3 Å². The zero-order valence-electron chi connectivity index (χ0n) is 12.3. The topological polar surface area (TPSA) is 55.2 Å². The Morgan fingerprint density at radius 1 is 1.25 bits per heavy atom. The normalized spacial score (nSPS) is 26.4. The van der Waals surface area contributed by atoms with Crippen molar-refractivity contribution in [1.82, 2.24) is 5.32 Å². The van der Waals surface area contributed by atoms with E-state index in [1.807, 2.05) is 12.1 Å². The zero-order chi connectivity index (χ0) is 14.5. The second-order valence-electron chi connectivity index (χ2n) is 6.05. The Morgan fingerprint density at radius 3 is 2.70 bits per heavy atom. The minimum absolute atomic E-state index is 0.236. The highest BCUT2D eigenvalue weighted by Gasteiger charge is 2.24. The van der Waals surface area contributed by atoms with Crippen LogP contribution in [0.5, 0.6) is 0 Å². The van der Waals surface area contributed by atoms with Crippen LogP contribution in [0.25, 0.3) is 0 Å². The van der Waals surface area contributed by atoms with Gasteiger partial charge in [0, 0.05) is 17.7 Å². The summed E-state index contributed by atoms with van der Waals surface area (Å²) in [5.41, 5.74) is 1.06. The molecule has 0 radical (unpaired) electrons. The molecular weight excluding hydrogens is 252 g/mol. The van der Waals surface area contributed by atoms with Gasteiger partial charge in [0.05, 0.1) is 4.92 Å². The molecule has 20 heavy (non-hydrogen) atoms. The predicted octanol–water partition coefficient (Wildman–Crippen LogP) is 3.55. The van der Waals surface area contributed by atoms with Gasteiger partial charge in [0.25, 0.3) is 5.69 Å². The van der Waals surface area contributed by atoms with Gasteiger partial charge in [0.1, 0.15) is 0 Å². The first-order chi connectivity index (χ1) is 9.58. The van der Waals surface area contributed by atoms with Gasteiger partial charge in [-0.25, -0.2) is 0 Å². The van der Waals surface area contributed by atoms with Crippen molar-refractivity contribution in [3.8, 4) is 0 Å². The summed E-state index contributed by atoms with van der Waals surface area (Å²) in [6.45, 7) is 5.46. The molecule has 110 valence electrons. The largest absolute Gasteiger partial charge is 0.314 e. The molecule has 0 amide bonds. The Hall–Kier alpha value is -1.42. The van der Waals surface area contributed by atoms with Crippen LogP contribution < -0.4 is 5.32 Å². The maximum atomic E-state index is 11.0. The van der Waals surface area contributed by atoms with E-state index in [0.29, 0.717) is 6.04 Å². The summed E-state index contributed by atoms with van der Waals surface area (Å²) in [5, 5.41) is 14.5. The molecule has 0 heterocycles. The van der Waals surface area contributed by atoms with Gasteiger partial charge in [0.15, 0.2) is 0 Å². The lowest BCUT2D eigenvalue weighted by Crippen LogP contribution is -2.37. The summed E-state index contributed by atoms with van der Waals surface area (Å²) >= 11 is 0. The standard InChI is InChI=1S/C16H24N2O2/c1-12-7-8-15(11-13(12)2)17-10-9-14-5-3-4-6-16(14)18(19)20/h3-6,12-13,15,17H,7-11H2,1-2H3. The maximum Gasteiger partial charge on any atom is 0.272 e. The Balaban J connectivity index is 1.83. The number of rotatable bonds is 5. The fourth-order valence-corrected chi connectivity index (χ4v) is 3.04. The summed E-state index contributed by atoms with van der Waals surface area (Å²) < 4.78 is 0. The molecule has 0 spiro atoms. The highest BCUT2D eigenvalue weighted by atomic mass is 16.6. The Labute approximate surface area is 120 Å². The number of nitrogens with zero attached hydrogens (tertiary/aromatic N) is 1. The van der Waals surface area contributed by atoms with Crippen molar-refractivity contribution >= 4 is 5.69 Å². The molecule has 0 saturated heterocycles. The third kappa shape index (κ3) is 3.79. The van der Waals surface area contributed by atoms with Crippen LogP contribution in [0, 0.1) is 22.0 Å². The molecular formula is C16H24N2O2. The third-order valence-electron chi connectivity index (χ3n) is 4.61. The van der Waals surface area contributed by atoms with E-state index < -0.39 is 0 Å². The highest BCUT2D eigenvalue weighted by molar-refractivity contribution is 5.39. The molecule has 0 aromatic heterocycles. The summed E-state index contributed by atoms with van der Waals surface area (Å²) in [6.07, 6.45) is 4.45. The second kappa shape index (κ2) is 6.84. The molecule has 1 fully saturated rings. The number of hydrogen-bond acceptors (Lipinski definition) is 3. The Kier molecular flexibility index (Phi) is 5.12. The molecule has 4 nitrogen and oxygen atoms in total. The van der Waals surface area contributed by atoms with Gasteiger partial charge in [-0.05, 0) is 44.1 Å². The first-order valence-corrected chi connectivity index (χ1v) is 7.53. The van der Waals surface area contributed by atoms with Crippen LogP contribution in [0.1, 0.15) is 38.7 Å². The van der Waals surface area contributed by atoms with Crippen molar-refractivity contribution in [1.29, 1.82) is 0 Å². The van der Waals surface area contributed by atoms with Crippen LogP contribution >= 0.6 is 0 Å². The summed E-state index contributed by atoms with van der Waals surface area (Å²) in [4.78, 5) is 10.7. The van der Waals surface area contributed by atoms with Crippen molar-refractivity contribution in [2.24, 2.45) is 11.8 Å². The average Bonchev–Trinajstić information content (AvgIpc) is 2.43. The minimum Gasteiger partial charge on any atom is -0.314 e. The van der Waals surface area contributed by atoms with Gasteiger partial charge in [-0.3, -0.25) is 10.1 Å². The van der Waals surface area contributed by atoms with Crippen molar-refractivity contribution in [2.45, 2.75) is 45.6 Å². The summed E-state index contributed by atoms with van der Waals surface area (Å²) in [7, 11) is 0. The molecule has 0 bridgehead atoms. The lowest BCUT2D eigenvalue weighted by molar-refractivity contribution is -0.385. The molecule has 3 atom stereocenters. The van der Waals surface area contributed by atoms with E-state index in [-0.39, 0.29) is 10.6 Å². The number of nitro groups is 1. The number of nitrogens with one attached hydrogen (secondary N) is 1. The fourth-order valence-electron chi connectivity index (χ4n) is 3.04. The first kappa shape index (κ1) is 15.0. The molecule has 0 aliphatic heterocycles. The molecule has 4 heteroatoms. The monoisotopic (exact) mass is 276 g/mol. The van der Waals surface area contributed by atoms with Gasteiger partial charge in [-0.2, -0.15) is 0 Å². The van der Waals surface area contributed by atoms with E-state index in [0.717, 1.165) is 30.4 Å². The molecule has 1 aliphatic carbocycles. The number of para-hydroxylation sites is 1. The van der Waals surface area contributed by atoms with E-state index >= 15 is 0 Å². The first-order valence-electron chi connectivity index (χ1n) is 7.53. The van der Waals surface area contributed by atoms with Crippen LogP contribution in [0.4, 0.5) is 5.69 Å². The number of nitro benzene ring substituents is 1. The summed E-state index contributed by atoms with van der Waals surface area (Å²) in [6, 6.07) is 7.60. The molecule has 3 unspecified atom stereocenters. The van der Waals surface area contributed by atoms with Gasteiger partial charge in [-0.15, -0.1) is 0 Å². The number of benzene rings is 1. The second-order valence-corrected chi connectivity index (χ2v) is 6.05. The van der Waals surface area contributed by atoms with Crippen LogP contribution in [-0.4, -0.2) is 17.5 Å². The zero-order valence-corrected chi connectivity index (χ0v) is 12.3. The Morgan fingerprint density at radius 2 is 2.00 bits per heavy atom. The third-order valence-corrected chi connectivity index (χ3v) is 4.61. The van der Waals surface area contributed by atoms with Gasteiger partial charge in [-0.1, -0.05) is 32.0 Å². The molecule has 1 saturated carbocycles. The van der Waals surface area contributed by atoms with Gasteiger partial charge >= 0.3 is 0 Å². The lowest BCUT2D eigenvalue weighted by atomic mass is 9.79. The molecule has 2 rings (SSSR count). The molecule has 1 N–H and O–H groups in total. The van der Waals surface area contributed by atoms with E-state index in [2.05, 4.69) is 19.2 Å². The van der Waals surface area contributed by atoms with Crippen LogP contribution in [-0.2, 0) is 6.42 Å². The average molecular weight is 276 g/mol. The number of hydrogen-bond donors (Lipinski definition) is 1. The van der Waals surface area contributed by atoms with E-state index in [9.17, 15) is 10.1 Å². The van der Waals surface area contributed by atoms with Gasteiger partial charge in [0.2, 0.25) is 0 Å². The van der Waals surface area contributed by atoms with Crippen molar-refractivity contribution in [2.75, 3.05) is 6.54 Å². The quantitative estimate of drug-likeness (QED) is 0.661. The molecule has 1 aliphatic rings. The smallest absolute Gasteiger partial charge is 0.272 e. The van der Waals surface area contributed by atoms with Crippen molar-refractivity contribution in [3.05, 3.63) is 39.9 Å². The summed E-state index contributed by atoms with van der Waals surface area (Å²) in [5.74, 6) is 1.59. The van der Waals surface area contributed by atoms with E-state index in [1.54, 1.807) is 12.1 Å². The van der Waals surface area contributed by atoms with Crippen LogP contribution in [0.2, 0.25) is 0 Å². The maximum absolute atomic E-state index is 11.0.